The highest BCUT2D eigenvalue weighted by atomic mass is 127. The van der Waals surface area contributed by atoms with E-state index in [1.54, 1.807) is 24.3 Å². The maximum atomic E-state index is 12.0. The van der Waals surface area contributed by atoms with Crippen LogP contribution in [0.25, 0.3) is 0 Å². The summed E-state index contributed by atoms with van der Waals surface area (Å²) in [6, 6.07) is 10.7. The topological polar surface area (TPSA) is 44.8 Å². The molecule has 0 spiro atoms. The van der Waals surface area contributed by atoms with Crippen LogP contribution in [0.5, 0.6) is 11.5 Å². The highest BCUT2D eigenvalue weighted by Gasteiger charge is 2.17. The van der Waals surface area contributed by atoms with Crippen LogP contribution < -0.4 is 9.47 Å². The van der Waals surface area contributed by atoms with Crippen molar-refractivity contribution in [2.75, 3.05) is 13.2 Å². The van der Waals surface area contributed by atoms with Gasteiger partial charge in [0, 0.05) is 5.02 Å². The average molecular weight is 471 g/mol. The average Bonchev–Trinajstić information content (AvgIpc) is 2.60. The molecule has 0 saturated heterocycles. The summed E-state index contributed by atoms with van der Waals surface area (Å²) < 4.78 is 17.2. The molecule has 2 aromatic rings. The van der Waals surface area contributed by atoms with E-state index in [1.807, 2.05) is 19.1 Å². The quantitative estimate of drug-likeness (QED) is 0.334. The van der Waals surface area contributed by atoms with Gasteiger partial charge >= 0.3 is 5.97 Å². The number of hydrogen-bond donors (Lipinski definition) is 0. The Hall–Kier alpha value is -1.91. The molecule has 0 atom stereocenters. The Labute approximate surface area is 165 Å². The molecule has 0 aromatic heterocycles. The van der Waals surface area contributed by atoms with Crippen molar-refractivity contribution in [2.45, 2.75) is 13.5 Å². The van der Waals surface area contributed by atoms with E-state index < -0.39 is 5.97 Å². The first-order valence-electron chi connectivity index (χ1n) is 7.49. The number of hydrogen-bond acceptors (Lipinski definition) is 4. The monoisotopic (exact) mass is 470 g/mol. The predicted octanol–water partition coefficient (Wildman–Crippen LogP) is 4.71. The van der Waals surface area contributed by atoms with Crippen LogP contribution in [-0.2, 0) is 11.3 Å². The number of terminal acetylenes is 1. The Kier molecular flexibility index (Phi) is 7.41. The maximum absolute atomic E-state index is 12.0. The van der Waals surface area contributed by atoms with Crippen molar-refractivity contribution in [1.29, 1.82) is 0 Å². The fourth-order valence-corrected chi connectivity index (χ4v) is 2.90. The number of rotatable bonds is 7. The lowest BCUT2D eigenvalue weighted by Gasteiger charge is -2.15. The van der Waals surface area contributed by atoms with Crippen LogP contribution >= 0.6 is 34.2 Å². The molecule has 25 heavy (non-hydrogen) atoms. The number of ether oxygens (including phenoxy) is 3. The Morgan fingerprint density at radius 1 is 1.24 bits per heavy atom. The molecule has 4 nitrogen and oxygen atoms in total. The van der Waals surface area contributed by atoms with Gasteiger partial charge in [-0.2, -0.15) is 0 Å². The number of halogens is 2. The molecule has 0 aliphatic carbocycles. The molecule has 0 aliphatic heterocycles. The first kappa shape index (κ1) is 19.4. The Bertz CT molecular complexity index is 781. The maximum Gasteiger partial charge on any atom is 0.339 e. The van der Waals surface area contributed by atoms with Gasteiger partial charge in [0.1, 0.15) is 6.61 Å². The third-order valence-electron chi connectivity index (χ3n) is 3.13. The summed E-state index contributed by atoms with van der Waals surface area (Å²) in [6.07, 6.45) is 5.11. The number of esters is 1. The number of carbonyl (C=O) groups excluding carboxylic acids is 1. The predicted molar refractivity (Wildman–Crippen MR) is 105 cm³/mol. The van der Waals surface area contributed by atoms with Gasteiger partial charge in [0.15, 0.2) is 18.1 Å². The molecule has 6 heteroatoms. The van der Waals surface area contributed by atoms with Crippen molar-refractivity contribution in [1.82, 2.24) is 0 Å². The van der Waals surface area contributed by atoms with E-state index in [4.69, 9.17) is 32.2 Å². The number of benzene rings is 2. The van der Waals surface area contributed by atoms with Crippen LogP contribution in [0, 0.1) is 15.9 Å². The van der Waals surface area contributed by atoms with Gasteiger partial charge in [-0.1, -0.05) is 29.7 Å². The van der Waals surface area contributed by atoms with Crippen LogP contribution in [0.4, 0.5) is 0 Å². The van der Waals surface area contributed by atoms with Crippen LogP contribution in [0.15, 0.2) is 36.4 Å². The van der Waals surface area contributed by atoms with Gasteiger partial charge in [-0.3, -0.25) is 0 Å². The minimum atomic E-state index is -0.499. The van der Waals surface area contributed by atoms with Gasteiger partial charge < -0.3 is 14.2 Å². The smallest absolute Gasteiger partial charge is 0.339 e. The molecule has 0 radical (unpaired) electrons. The fraction of sp³-hybridized carbons (Fsp3) is 0.211. The zero-order valence-corrected chi connectivity index (χ0v) is 16.5. The highest BCUT2D eigenvalue weighted by molar-refractivity contribution is 14.1. The lowest BCUT2D eigenvalue weighted by molar-refractivity contribution is 0.0556. The molecule has 0 unspecified atom stereocenters. The second kappa shape index (κ2) is 9.54. The first-order chi connectivity index (χ1) is 12.0. The Morgan fingerprint density at radius 3 is 2.60 bits per heavy atom. The summed E-state index contributed by atoms with van der Waals surface area (Å²) in [5, 5.41) is 0.670. The minimum absolute atomic E-state index is 0.0752. The first-order valence-corrected chi connectivity index (χ1v) is 8.95. The van der Waals surface area contributed by atoms with Crippen LogP contribution in [0.3, 0.4) is 0 Å². The molecule has 0 N–H and O–H groups in total. The summed E-state index contributed by atoms with van der Waals surface area (Å²) in [5.74, 6) is 2.82. The van der Waals surface area contributed by atoms with Crippen molar-refractivity contribution in [3.63, 3.8) is 0 Å². The van der Waals surface area contributed by atoms with E-state index in [0.717, 1.165) is 9.13 Å². The third-order valence-corrected chi connectivity index (χ3v) is 4.18. The zero-order chi connectivity index (χ0) is 18.2. The summed E-state index contributed by atoms with van der Waals surface area (Å²) in [5.41, 5.74) is 1.34. The lowest BCUT2D eigenvalue weighted by Crippen LogP contribution is -2.08. The van der Waals surface area contributed by atoms with Crippen molar-refractivity contribution in [3.8, 4) is 23.8 Å². The minimum Gasteiger partial charge on any atom is -0.490 e. The largest absolute Gasteiger partial charge is 0.490 e. The second-order valence-electron chi connectivity index (χ2n) is 4.91. The molecule has 2 aromatic carbocycles. The van der Waals surface area contributed by atoms with E-state index in [2.05, 4.69) is 28.5 Å². The van der Waals surface area contributed by atoms with Gasteiger partial charge in [-0.05, 0) is 59.3 Å². The lowest BCUT2D eigenvalue weighted by atomic mass is 10.2. The summed E-state index contributed by atoms with van der Waals surface area (Å²) in [4.78, 5) is 12.0. The summed E-state index contributed by atoms with van der Waals surface area (Å²) in [6.45, 7) is 2.58. The highest BCUT2D eigenvalue weighted by Crippen LogP contribution is 2.35. The van der Waals surface area contributed by atoms with Gasteiger partial charge in [-0.15, -0.1) is 6.42 Å². The Balaban J connectivity index is 2.22. The zero-order valence-electron chi connectivity index (χ0n) is 13.6. The normalized spacial score (nSPS) is 10.0. The van der Waals surface area contributed by atoms with Crippen LogP contribution in [-0.4, -0.2) is 19.2 Å². The molecule has 0 fully saturated rings. The standard InChI is InChI=1S/C19H16ClIO4/c1-3-9-24-19(22)14-10-16(21)18(17(11-14)23-4-2)25-12-13-5-7-15(20)8-6-13/h1,5-8,10-11H,4,9,12H2,2H3. The van der Waals surface area contributed by atoms with E-state index in [9.17, 15) is 4.79 Å². The molecule has 130 valence electrons. The van der Waals surface area contributed by atoms with Crippen molar-refractivity contribution < 1.29 is 19.0 Å². The Morgan fingerprint density at radius 2 is 1.96 bits per heavy atom. The van der Waals surface area contributed by atoms with Gasteiger partial charge in [0.2, 0.25) is 0 Å². The SMILES string of the molecule is C#CCOC(=O)c1cc(I)c(OCc2ccc(Cl)cc2)c(OCC)c1. The van der Waals surface area contributed by atoms with E-state index in [1.165, 1.54) is 0 Å². The fourth-order valence-electron chi connectivity index (χ4n) is 2.02. The van der Waals surface area contributed by atoms with Gasteiger partial charge in [0.05, 0.1) is 15.7 Å². The molecule has 0 aliphatic rings. The third kappa shape index (κ3) is 5.55. The molecule has 2 rings (SSSR count). The van der Waals surface area contributed by atoms with Crippen molar-refractivity contribution in [2.24, 2.45) is 0 Å². The molecule has 0 saturated carbocycles. The van der Waals surface area contributed by atoms with E-state index in [-0.39, 0.29) is 6.61 Å². The summed E-state index contributed by atoms with van der Waals surface area (Å²) in [7, 11) is 0. The van der Waals surface area contributed by atoms with Gasteiger partial charge in [0.25, 0.3) is 0 Å². The summed E-state index contributed by atoms with van der Waals surface area (Å²) >= 11 is 7.98. The van der Waals surface area contributed by atoms with E-state index in [0.29, 0.717) is 35.3 Å². The molecule has 0 heterocycles. The molecular formula is C19H16ClIO4. The van der Waals surface area contributed by atoms with Crippen LogP contribution in [0.1, 0.15) is 22.8 Å². The van der Waals surface area contributed by atoms with Gasteiger partial charge in [-0.25, -0.2) is 4.79 Å². The molecular weight excluding hydrogens is 455 g/mol. The molecule has 0 amide bonds. The second-order valence-corrected chi connectivity index (χ2v) is 6.51. The van der Waals surface area contributed by atoms with E-state index >= 15 is 0 Å². The number of carbonyl (C=O) groups is 1. The van der Waals surface area contributed by atoms with Crippen molar-refractivity contribution >= 4 is 40.2 Å². The molecule has 0 bridgehead atoms. The van der Waals surface area contributed by atoms with Crippen LogP contribution in [0.2, 0.25) is 5.02 Å². The van der Waals surface area contributed by atoms with Crippen molar-refractivity contribution in [3.05, 3.63) is 56.1 Å².